The van der Waals surface area contributed by atoms with Crippen LogP contribution in [0.25, 0.3) is 11.1 Å². The predicted molar refractivity (Wildman–Crippen MR) is 117 cm³/mol. The van der Waals surface area contributed by atoms with E-state index in [1.807, 2.05) is 53.8 Å². The number of aliphatic carboxylic acids is 1. The zero-order chi connectivity index (χ0) is 24.2. The van der Waals surface area contributed by atoms with Crippen LogP contribution in [0.5, 0.6) is 0 Å². The van der Waals surface area contributed by atoms with Gasteiger partial charge in [-0.05, 0) is 28.7 Å². The van der Waals surface area contributed by atoms with Crippen molar-refractivity contribution in [3.05, 3.63) is 59.7 Å². The number of carboxylic acid groups (broad SMARTS) is 1. The van der Waals surface area contributed by atoms with Gasteiger partial charge in [0.25, 0.3) is 12.3 Å². The van der Waals surface area contributed by atoms with Crippen molar-refractivity contribution in [2.75, 3.05) is 13.2 Å². The maximum atomic E-state index is 13.1. The maximum absolute atomic E-state index is 13.1. The molecule has 180 valence electrons. The SMILES string of the molecule is O=C(O)CC(NC(=O)[C@H]1OCC[C@H]1NC(=O)OCC1c2ccccc2-c2ccccc21)C(F)F. The highest BCUT2D eigenvalue weighted by atomic mass is 19.3. The monoisotopic (exact) mass is 474 g/mol. The molecule has 8 nitrogen and oxygen atoms in total. The van der Waals surface area contributed by atoms with Gasteiger partial charge in [-0.1, -0.05) is 48.5 Å². The fourth-order valence-corrected chi connectivity index (χ4v) is 4.44. The standard InChI is InChI=1S/C24H24F2N2O6/c25-22(26)19(11-20(29)30)27-23(31)21-18(9-10-33-21)28-24(32)34-12-17-15-7-3-1-5-13(15)14-6-2-4-8-16(14)17/h1-8,17-19,21-22H,9-12H2,(H,27,31)(H,28,32)(H,29,30)/t18-,19?,21+/m1/s1. The lowest BCUT2D eigenvalue weighted by atomic mass is 9.98. The average molecular weight is 474 g/mol. The Morgan fingerprint density at radius 3 is 2.26 bits per heavy atom. The van der Waals surface area contributed by atoms with Crippen molar-refractivity contribution >= 4 is 18.0 Å². The number of carboxylic acids is 1. The van der Waals surface area contributed by atoms with Gasteiger partial charge in [0.1, 0.15) is 12.6 Å². The number of alkyl carbamates (subject to hydrolysis) is 1. The van der Waals surface area contributed by atoms with E-state index in [0.717, 1.165) is 22.3 Å². The molecule has 2 aromatic rings. The summed E-state index contributed by atoms with van der Waals surface area (Å²) in [5.74, 6) is -2.51. The summed E-state index contributed by atoms with van der Waals surface area (Å²) < 4.78 is 36.9. The van der Waals surface area contributed by atoms with Gasteiger partial charge in [-0.25, -0.2) is 13.6 Å². The fourth-order valence-electron chi connectivity index (χ4n) is 4.44. The number of fused-ring (bicyclic) bond motifs is 3. The fraction of sp³-hybridized carbons (Fsp3) is 0.375. The minimum Gasteiger partial charge on any atom is -0.481 e. The van der Waals surface area contributed by atoms with Gasteiger partial charge in [0.2, 0.25) is 0 Å². The van der Waals surface area contributed by atoms with Crippen LogP contribution in [0.1, 0.15) is 29.9 Å². The number of ether oxygens (including phenoxy) is 2. The molecular formula is C24H24F2N2O6. The van der Waals surface area contributed by atoms with Crippen LogP contribution in [0.15, 0.2) is 48.5 Å². The van der Waals surface area contributed by atoms with E-state index in [-0.39, 0.29) is 25.6 Å². The summed E-state index contributed by atoms with van der Waals surface area (Å²) in [5, 5.41) is 13.3. The third-order valence-corrected chi connectivity index (χ3v) is 6.02. The van der Waals surface area contributed by atoms with E-state index < -0.39 is 49.0 Å². The lowest BCUT2D eigenvalue weighted by molar-refractivity contribution is -0.140. The molecule has 0 aromatic heterocycles. The second-order valence-electron chi connectivity index (χ2n) is 8.20. The van der Waals surface area contributed by atoms with Crippen LogP contribution in [-0.4, -0.2) is 60.9 Å². The van der Waals surface area contributed by atoms with Crippen LogP contribution in [0.2, 0.25) is 0 Å². The van der Waals surface area contributed by atoms with Crippen molar-refractivity contribution in [1.82, 2.24) is 10.6 Å². The van der Waals surface area contributed by atoms with Crippen LogP contribution in [-0.2, 0) is 19.1 Å². The molecule has 0 radical (unpaired) electrons. The number of nitrogens with one attached hydrogen (secondary N) is 2. The van der Waals surface area contributed by atoms with Gasteiger partial charge in [-0.3, -0.25) is 9.59 Å². The lowest BCUT2D eigenvalue weighted by Crippen LogP contribution is -2.52. The van der Waals surface area contributed by atoms with Crippen LogP contribution in [0, 0.1) is 0 Å². The van der Waals surface area contributed by atoms with Crippen molar-refractivity contribution in [3.63, 3.8) is 0 Å². The van der Waals surface area contributed by atoms with E-state index in [1.54, 1.807) is 0 Å². The van der Waals surface area contributed by atoms with E-state index in [9.17, 15) is 23.2 Å². The molecule has 1 aliphatic carbocycles. The highest BCUT2D eigenvalue weighted by molar-refractivity contribution is 5.84. The minimum absolute atomic E-state index is 0.0797. The Kier molecular flexibility index (Phi) is 7.06. The molecule has 2 aromatic carbocycles. The summed E-state index contributed by atoms with van der Waals surface area (Å²) in [4.78, 5) is 35.7. The molecule has 3 atom stereocenters. The number of alkyl halides is 2. The Morgan fingerprint density at radius 1 is 1.06 bits per heavy atom. The molecule has 34 heavy (non-hydrogen) atoms. The van der Waals surface area contributed by atoms with Crippen molar-refractivity contribution < 1.29 is 37.7 Å². The van der Waals surface area contributed by atoms with Gasteiger partial charge in [0, 0.05) is 12.5 Å². The Morgan fingerprint density at radius 2 is 1.68 bits per heavy atom. The van der Waals surface area contributed by atoms with Gasteiger partial charge in [-0.2, -0.15) is 0 Å². The van der Waals surface area contributed by atoms with Crippen LogP contribution < -0.4 is 10.6 Å². The van der Waals surface area contributed by atoms with E-state index in [0.29, 0.717) is 0 Å². The summed E-state index contributed by atoms with van der Waals surface area (Å²) >= 11 is 0. The first-order valence-electron chi connectivity index (χ1n) is 10.9. The summed E-state index contributed by atoms with van der Waals surface area (Å²) in [5.41, 5.74) is 4.27. The molecule has 1 unspecified atom stereocenters. The van der Waals surface area contributed by atoms with Gasteiger partial charge in [-0.15, -0.1) is 0 Å². The molecular weight excluding hydrogens is 450 g/mol. The number of rotatable bonds is 8. The zero-order valence-electron chi connectivity index (χ0n) is 18.1. The highest BCUT2D eigenvalue weighted by Crippen LogP contribution is 2.44. The highest BCUT2D eigenvalue weighted by Gasteiger charge is 2.38. The quantitative estimate of drug-likeness (QED) is 0.542. The number of amides is 2. The first-order chi connectivity index (χ1) is 16.3. The molecule has 10 heteroatoms. The maximum Gasteiger partial charge on any atom is 0.407 e. The second kappa shape index (κ2) is 10.2. The molecule has 2 amide bonds. The Hall–Kier alpha value is -3.53. The summed E-state index contributed by atoms with van der Waals surface area (Å²) in [6, 6.07) is 13.1. The number of benzene rings is 2. The van der Waals surface area contributed by atoms with Gasteiger partial charge < -0.3 is 25.2 Å². The summed E-state index contributed by atoms with van der Waals surface area (Å²) in [6.45, 7) is 0.209. The van der Waals surface area contributed by atoms with Crippen LogP contribution >= 0.6 is 0 Å². The smallest absolute Gasteiger partial charge is 0.407 e. The van der Waals surface area contributed by atoms with E-state index in [1.165, 1.54) is 0 Å². The van der Waals surface area contributed by atoms with Gasteiger partial charge >= 0.3 is 12.1 Å². The third-order valence-electron chi connectivity index (χ3n) is 6.02. The lowest BCUT2D eigenvalue weighted by Gasteiger charge is -2.23. The molecule has 1 saturated heterocycles. The first-order valence-corrected chi connectivity index (χ1v) is 10.9. The van der Waals surface area contributed by atoms with Crippen LogP contribution in [0.3, 0.4) is 0 Å². The first kappa shape index (κ1) is 23.6. The Balaban J connectivity index is 1.36. The van der Waals surface area contributed by atoms with E-state index in [2.05, 4.69) is 5.32 Å². The van der Waals surface area contributed by atoms with Crippen molar-refractivity contribution in [2.24, 2.45) is 0 Å². The van der Waals surface area contributed by atoms with Crippen molar-refractivity contribution in [2.45, 2.75) is 43.4 Å². The van der Waals surface area contributed by atoms with Crippen molar-refractivity contribution in [1.29, 1.82) is 0 Å². The van der Waals surface area contributed by atoms with E-state index >= 15 is 0 Å². The largest absolute Gasteiger partial charge is 0.481 e. The number of halogens is 2. The predicted octanol–water partition coefficient (Wildman–Crippen LogP) is 2.91. The molecule has 1 heterocycles. The second-order valence-corrected chi connectivity index (χ2v) is 8.20. The third kappa shape index (κ3) is 5.01. The number of carbonyl (C=O) groups excluding carboxylic acids is 2. The normalized spacial score (nSPS) is 19.9. The topological polar surface area (TPSA) is 114 Å². The average Bonchev–Trinajstić information content (AvgIpc) is 3.39. The summed E-state index contributed by atoms with van der Waals surface area (Å²) in [6.07, 6.45) is -5.70. The molecule has 0 bridgehead atoms. The number of hydrogen-bond donors (Lipinski definition) is 3. The molecule has 2 aliphatic rings. The molecule has 4 rings (SSSR count). The molecule has 1 aliphatic heterocycles. The molecule has 0 saturated carbocycles. The zero-order valence-corrected chi connectivity index (χ0v) is 18.1. The molecule has 3 N–H and O–H groups in total. The van der Waals surface area contributed by atoms with Gasteiger partial charge in [0.05, 0.1) is 12.5 Å². The Labute approximate surface area is 194 Å². The van der Waals surface area contributed by atoms with Crippen LogP contribution in [0.4, 0.5) is 13.6 Å². The van der Waals surface area contributed by atoms with E-state index in [4.69, 9.17) is 14.6 Å². The van der Waals surface area contributed by atoms with Gasteiger partial charge in [0.15, 0.2) is 6.10 Å². The minimum atomic E-state index is -3.06. The number of carbonyl (C=O) groups is 3. The van der Waals surface area contributed by atoms with Crippen molar-refractivity contribution in [3.8, 4) is 11.1 Å². The number of hydrogen-bond acceptors (Lipinski definition) is 5. The summed E-state index contributed by atoms with van der Waals surface area (Å²) in [7, 11) is 0. The molecule has 1 fully saturated rings. The molecule has 0 spiro atoms. The Bertz CT molecular complexity index is 1030.